The predicted octanol–water partition coefficient (Wildman–Crippen LogP) is 4.10. The molecule has 0 saturated carbocycles. The first-order valence-electron chi connectivity index (χ1n) is 9.39. The molecular formula is C21H21IN4O3. The maximum atomic E-state index is 12.1. The Balaban J connectivity index is 1.65. The van der Waals surface area contributed by atoms with Crippen molar-refractivity contribution in [3.63, 3.8) is 0 Å². The minimum atomic E-state index is -0.236. The van der Waals surface area contributed by atoms with Crippen molar-refractivity contribution in [2.45, 2.75) is 32.9 Å². The van der Waals surface area contributed by atoms with Gasteiger partial charge in [0.2, 0.25) is 11.9 Å². The summed E-state index contributed by atoms with van der Waals surface area (Å²) in [5.74, 6) is 1.74. The number of amides is 1. The maximum absolute atomic E-state index is 12.1. The molecule has 0 spiro atoms. The van der Waals surface area contributed by atoms with E-state index in [4.69, 9.17) is 9.47 Å². The molecule has 0 radical (unpaired) electrons. The summed E-state index contributed by atoms with van der Waals surface area (Å²) in [6, 6.07) is 12.0. The third-order valence-electron chi connectivity index (χ3n) is 4.72. The zero-order valence-electron chi connectivity index (χ0n) is 16.2. The molecule has 8 heteroatoms. The van der Waals surface area contributed by atoms with Crippen LogP contribution in [0.2, 0.25) is 0 Å². The summed E-state index contributed by atoms with van der Waals surface area (Å²) in [6.07, 6.45) is 1.74. The van der Waals surface area contributed by atoms with Crippen LogP contribution in [-0.4, -0.2) is 27.3 Å². The van der Waals surface area contributed by atoms with E-state index >= 15 is 0 Å². The molecule has 2 heterocycles. The number of aromatic nitrogens is 3. The van der Waals surface area contributed by atoms with Crippen LogP contribution in [0.5, 0.6) is 11.5 Å². The number of rotatable bonds is 6. The summed E-state index contributed by atoms with van der Waals surface area (Å²) in [5, 5.41) is 7.02. The Morgan fingerprint density at radius 3 is 2.79 bits per heavy atom. The van der Waals surface area contributed by atoms with E-state index in [0.717, 1.165) is 14.7 Å². The largest absolute Gasteiger partial charge is 0.490 e. The van der Waals surface area contributed by atoms with Crippen LogP contribution < -0.4 is 14.8 Å². The van der Waals surface area contributed by atoms with Gasteiger partial charge in [0.1, 0.15) is 12.9 Å². The quantitative estimate of drug-likeness (QED) is 0.512. The van der Waals surface area contributed by atoms with E-state index in [1.54, 1.807) is 4.68 Å². The molecule has 0 fully saturated rings. The van der Waals surface area contributed by atoms with E-state index in [-0.39, 0.29) is 11.9 Å². The van der Waals surface area contributed by atoms with Gasteiger partial charge in [0.05, 0.1) is 22.6 Å². The summed E-state index contributed by atoms with van der Waals surface area (Å²) in [5.41, 5.74) is 3.24. The number of ether oxygens (including phenoxy) is 2. The fourth-order valence-corrected chi connectivity index (χ4v) is 4.07. The van der Waals surface area contributed by atoms with Crippen LogP contribution in [0.4, 0.5) is 5.95 Å². The first kappa shape index (κ1) is 19.7. The van der Waals surface area contributed by atoms with Gasteiger partial charge in [0.15, 0.2) is 11.5 Å². The monoisotopic (exact) mass is 504 g/mol. The normalized spacial score (nSPS) is 15.6. The minimum absolute atomic E-state index is 0.0804. The first-order chi connectivity index (χ1) is 14.0. The van der Waals surface area contributed by atoms with E-state index in [9.17, 15) is 4.79 Å². The van der Waals surface area contributed by atoms with Crippen molar-refractivity contribution in [3.05, 3.63) is 63.0 Å². The molecule has 0 bridgehead atoms. The average molecular weight is 504 g/mol. The molecule has 3 aromatic rings. The molecule has 150 valence electrons. The number of carbonyl (C=O) groups excluding carboxylic acids is 1. The summed E-state index contributed by atoms with van der Waals surface area (Å²) in [4.78, 5) is 16.2. The number of hydrogen-bond acceptors (Lipinski definition) is 5. The van der Waals surface area contributed by atoms with Gasteiger partial charge in [-0.15, -0.1) is 0 Å². The van der Waals surface area contributed by atoms with Crippen LogP contribution in [-0.2, 0) is 11.4 Å². The molecule has 29 heavy (non-hydrogen) atoms. The number of anilines is 1. The van der Waals surface area contributed by atoms with Crippen LogP contribution in [0, 0.1) is 10.5 Å². The second-order valence-corrected chi connectivity index (χ2v) is 8.00. The molecule has 1 N–H and O–H groups in total. The van der Waals surface area contributed by atoms with E-state index in [0.29, 0.717) is 37.1 Å². The van der Waals surface area contributed by atoms with Gasteiger partial charge in [-0.25, -0.2) is 4.68 Å². The number of benzene rings is 2. The number of aryl methyl sites for hydroxylation is 1. The zero-order chi connectivity index (χ0) is 20.4. The van der Waals surface area contributed by atoms with E-state index in [2.05, 4.69) is 69.2 Å². The molecule has 1 amide bonds. The highest BCUT2D eigenvalue weighted by atomic mass is 127. The summed E-state index contributed by atoms with van der Waals surface area (Å²) in [6.45, 7) is 4.97. The lowest BCUT2D eigenvalue weighted by Crippen LogP contribution is -2.29. The molecular weight excluding hydrogens is 483 g/mol. The standard InChI is InChI=1S/C21H21IN4O3/c1-3-28-18-9-15(17-10-19(27)25-21-23-12-24-26(17)21)8-16(22)20(18)29-11-14-6-4-13(2)5-7-14/h4-9,12,17H,3,10-11H2,1-2H3,(H,23,24,25,27)/t17-/m0/s1. The van der Waals surface area contributed by atoms with E-state index in [1.807, 2.05) is 19.1 Å². The van der Waals surface area contributed by atoms with Gasteiger partial charge in [-0.1, -0.05) is 29.8 Å². The van der Waals surface area contributed by atoms with Crippen LogP contribution in [0.3, 0.4) is 0 Å². The molecule has 1 aromatic heterocycles. The Morgan fingerprint density at radius 1 is 1.24 bits per heavy atom. The average Bonchev–Trinajstić information content (AvgIpc) is 3.16. The summed E-state index contributed by atoms with van der Waals surface area (Å²) in [7, 11) is 0. The number of hydrogen-bond donors (Lipinski definition) is 1. The van der Waals surface area contributed by atoms with Gasteiger partial charge < -0.3 is 9.47 Å². The van der Waals surface area contributed by atoms with Gasteiger partial charge in [0.25, 0.3) is 0 Å². The molecule has 0 aliphatic carbocycles. The van der Waals surface area contributed by atoms with Gasteiger partial charge >= 0.3 is 0 Å². The maximum Gasteiger partial charge on any atom is 0.229 e. The van der Waals surface area contributed by atoms with Gasteiger partial charge in [-0.2, -0.15) is 10.1 Å². The second-order valence-electron chi connectivity index (χ2n) is 6.83. The molecule has 1 aliphatic heterocycles. The van der Waals surface area contributed by atoms with Gasteiger partial charge in [-0.05, 0) is 59.7 Å². The lowest BCUT2D eigenvalue weighted by atomic mass is 10.0. The van der Waals surface area contributed by atoms with Crippen molar-refractivity contribution in [1.29, 1.82) is 0 Å². The Morgan fingerprint density at radius 2 is 2.03 bits per heavy atom. The fourth-order valence-electron chi connectivity index (χ4n) is 3.29. The molecule has 4 rings (SSSR count). The summed E-state index contributed by atoms with van der Waals surface area (Å²) < 4.78 is 14.6. The third-order valence-corrected chi connectivity index (χ3v) is 5.52. The lowest BCUT2D eigenvalue weighted by Gasteiger charge is -2.25. The highest BCUT2D eigenvalue weighted by molar-refractivity contribution is 14.1. The molecule has 0 saturated heterocycles. The van der Waals surface area contributed by atoms with Gasteiger partial charge in [0, 0.05) is 0 Å². The smallest absolute Gasteiger partial charge is 0.229 e. The third kappa shape index (κ3) is 4.21. The number of nitrogens with one attached hydrogen (secondary N) is 1. The Hall–Kier alpha value is -2.62. The molecule has 1 atom stereocenters. The highest BCUT2D eigenvalue weighted by Gasteiger charge is 2.29. The number of carbonyl (C=O) groups is 1. The Labute approximate surface area is 182 Å². The fraction of sp³-hybridized carbons (Fsp3) is 0.286. The van der Waals surface area contributed by atoms with Crippen LogP contribution >= 0.6 is 22.6 Å². The van der Waals surface area contributed by atoms with Crippen molar-refractivity contribution in [1.82, 2.24) is 14.8 Å². The molecule has 2 aromatic carbocycles. The van der Waals surface area contributed by atoms with Crippen molar-refractivity contribution in [2.24, 2.45) is 0 Å². The van der Waals surface area contributed by atoms with Crippen molar-refractivity contribution in [3.8, 4) is 11.5 Å². The van der Waals surface area contributed by atoms with E-state index in [1.165, 1.54) is 11.9 Å². The zero-order valence-corrected chi connectivity index (χ0v) is 18.3. The summed E-state index contributed by atoms with van der Waals surface area (Å²) >= 11 is 2.25. The SMILES string of the molecule is CCOc1cc([C@@H]2CC(=O)Nc3ncnn32)cc(I)c1OCc1ccc(C)cc1. The van der Waals surface area contributed by atoms with Crippen molar-refractivity contribution >= 4 is 34.4 Å². The van der Waals surface area contributed by atoms with Gasteiger partial charge in [-0.3, -0.25) is 10.1 Å². The minimum Gasteiger partial charge on any atom is -0.490 e. The molecule has 1 aliphatic rings. The highest BCUT2D eigenvalue weighted by Crippen LogP contribution is 2.39. The van der Waals surface area contributed by atoms with E-state index < -0.39 is 0 Å². The second kappa shape index (κ2) is 8.40. The number of fused-ring (bicyclic) bond motifs is 1. The predicted molar refractivity (Wildman–Crippen MR) is 117 cm³/mol. The topological polar surface area (TPSA) is 78.3 Å². The lowest BCUT2D eigenvalue weighted by molar-refractivity contribution is -0.117. The number of halogens is 1. The number of nitrogens with zero attached hydrogens (tertiary/aromatic N) is 3. The van der Waals surface area contributed by atoms with Crippen LogP contribution in [0.15, 0.2) is 42.7 Å². The first-order valence-corrected chi connectivity index (χ1v) is 10.5. The van der Waals surface area contributed by atoms with Crippen LogP contribution in [0.1, 0.15) is 36.1 Å². The van der Waals surface area contributed by atoms with Crippen molar-refractivity contribution in [2.75, 3.05) is 11.9 Å². The van der Waals surface area contributed by atoms with Crippen molar-refractivity contribution < 1.29 is 14.3 Å². The van der Waals surface area contributed by atoms with Crippen LogP contribution in [0.25, 0.3) is 0 Å². The Bertz CT molecular complexity index is 1030. The molecule has 7 nitrogen and oxygen atoms in total. The Kier molecular flexibility index (Phi) is 5.70. The molecule has 0 unspecified atom stereocenters.